The summed E-state index contributed by atoms with van der Waals surface area (Å²) >= 11 is 0. The van der Waals surface area contributed by atoms with Crippen molar-refractivity contribution >= 4 is 0 Å². The molecule has 3 heteroatoms. The fourth-order valence-electron chi connectivity index (χ4n) is 2.57. The van der Waals surface area contributed by atoms with Crippen LogP contribution in [0.15, 0.2) is 0 Å². The van der Waals surface area contributed by atoms with Gasteiger partial charge in [0.15, 0.2) is 0 Å². The van der Waals surface area contributed by atoms with Crippen molar-refractivity contribution in [2.24, 2.45) is 17.5 Å². The molecule has 2 rings (SSSR count). The lowest BCUT2D eigenvalue weighted by Gasteiger charge is -2.29. The Morgan fingerprint density at radius 3 is 2.64 bits per heavy atom. The third-order valence-corrected chi connectivity index (χ3v) is 3.18. The molecule has 3 atom stereocenters. The maximum Gasteiger partial charge on any atom is 0.0287 e. The van der Waals surface area contributed by atoms with Crippen LogP contribution in [0.5, 0.6) is 0 Å². The Bertz CT molecular complexity index is 132. The van der Waals surface area contributed by atoms with Gasteiger partial charge in [0.2, 0.25) is 0 Å². The number of hydrogen-bond acceptors (Lipinski definition) is 3. The van der Waals surface area contributed by atoms with Crippen LogP contribution in [0.2, 0.25) is 0 Å². The Hall–Kier alpha value is -0.120. The molecule has 0 bridgehead atoms. The van der Waals surface area contributed by atoms with Crippen molar-refractivity contribution in [2.45, 2.75) is 37.8 Å². The zero-order valence-corrected chi connectivity index (χ0v) is 6.87. The van der Waals surface area contributed by atoms with Gasteiger partial charge < -0.3 is 5.73 Å². The molecule has 1 aliphatic carbocycles. The number of fused-ring (bicyclic) bond motifs is 1. The van der Waals surface area contributed by atoms with Gasteiger partial charge in [-0.05, 0) is 18.8 Å². The molecule has 0 aromatic heterocycles. The van der Waals surface area contributed by atoms with E-state index >= 15 is 0 Å². The van der Waals surface area contributed by atoms with Crippen LogP contribution in [0.3, 0.4) is 0 Å². The third-order valence-electron chi connectivity index (χ3n) is 3.18. The molecular formula is C8H17N3. The summed E-state index contributed by atoms with van der Waals surface area (Å²) in [5.41, 5.74) is 5.96. The molecule has 0 aromatic rings. The van der Waals surface area contributed by atoms with E-state index in [2.05, 4.69) is 0 Å². The largest absolute Gasteiger partial charge is 0.326 e. The summed E-state index contributed by atoms with van der Waals surface area (Å²) in [7, 11) is 0. The highest BCUT2D eigenvalue weighted by Gasteiger charge is 2.39. The standard InChI is InChI=1S/C8H17N3/c9-7-5-11(10)8-4-2-1-3-6(7)8/h6-8H,1-5,9-10H2. The molecule has 2 aliphatic rings. The molecule has 0 spiro atoms. The van der Waals surface area contributed by atoms with E-state index in [0.29, 0.717) is 18.0 Å². The molecule has 1 saturated heterocycles. The van der Waals surface area contributed by atoms with E-state index in [1.807, 2.05) is 5.01 Å². The normalized spacial score (nSPS) is 45.8. The Morgan fingerprint density at radius 1 is 1.18 bits per heavy atom. The van der Waals surface area contributed by atoms with Gasteiger partial charge in [-0.1, -0.05) is 12.8 Å². The van der Waals surface area contributed by atoms with Gasteiger partial charge in [0, 0.05) is 18.6 Å². The zero-order valence-electron chi connectivity index (χ0n) is 6.87. The number of hydrogen-bond donors (Lipinski definition) is 2. The van der Waals surface area contributed by atoms with Crippen LogP contribution < -0.4 is 11.6 Å². The Labute approximate surface area is 67.7 Å². The van der Waals surface area contributed by atoms with Crippen molar-refractivity contribution in [1.82, 2.24) is 5.01 Å². The lowest BCUT2D eigenvalue weighted by Crippen LogP contribution is -2.39. The van der Waals surface area contributed by atoms with Crippen LogP contribution in [0.25, 0.3) is 0 Å². The predicted octanol–water partition coefficient (Wildman–Crippen LogP) is 0.0618. The number of nitrogens with zero attached hydrogens (tertiary/aromatic N) is 1. The monoisotopic (exact) mass is 155 g/mol. The SMILES string of the molecule is NC1CN(N)C2CCCCC12. The van der Waals surface area contributed by atoms with Gasteiger partial charge in [-0.25, -0.2) is 5.01 Å². The highest BCUT2D eigenvalue weighted by Crippen LogP contribution is 2.33. The molecule has 64 valence electrons. The third kappa shape index (κ3) is 1.17. The van der Waals surface area contributed by atoms with Crippen LogP contribution in [-0.4, -0.2) is 23.6 Å². The van der Waals surface area contributed by atoms with E-state index in [9.17, 15) is 0 Å². The van der Waals surface area contributed by atoms with E-state index < -0.39 is 0 Å². The fourth-order valence-corrected chi connectivity index (χ4v) is 2.57. The summed E-state index contributed by atoms with van der Waals surface area (Å²) in [6.07, 6.45) is 5.23. The molecule has 0 radical (unpaired) electrons. The predicted molar refractivity (Wildman–Crippen MR) is 44.6 cm³/mol. The van der Waals surface area contributed by atoms with Gasteiger partial charge in [0.05, 0.1) is 0 Å². The zero-order chi connectivity index (χ0) is 7.84. The average molecular weight is 155 g/mol. The molecule has 0 aromatic carbocycles. The van der Waals surface area contributed by atoms with Gasteiger partial charge >= 0.3 is 0 Å². The van der Waals surface area contributed by atoms with Crippen molar-refractivity contribution < 1.29 is 0 Å². The first-order valence-corrected chi connectivity index (χ1v) is 4.56. The Morgan fingerprint density at radius 2 is 1.91 bits per heavy atom. The van der Waals surface area contributed by atoms with Crippen molar-refractivity contribution in [1.29, 1.82) is 0 Å². The molecule has 11 heavy (non-hydrogen) atoms. The second-order valence-corrected chi connectivity index (χ2v) is 3.88. The molecule has 1 saturated carbocycles. The highest BCUT2D eigenvalue weighted by molar-refractivity contribution is 4.95. The van der Waals surface area contributed by atoms with E-state index in [-0.39, 0.29) is 0 Å². The number of hydrazine groups is 1. The van der Waals surface area contributed by atoms with Crippen LogP contribution in [-0.2, 0) is 0 Å². The van der Waals surface area contributed by atoms with Gasteiger partial charge in [-0.2, -0.15) is 0 Å². The first-order valence-electron chi connectivity index (χ1n) is 4.56. The molecule has 2 fully saturated rings. The minimum atomic E-state index is 0.338. The number of rotatable bonds is 0. The van der Waals surface area contributed by atoms with Crippen LogP contribution in [0.1, 0.15) is 25.7 Å². The lowest BCUT2D eigenvalue weighted by molar-refractivity contribution is 0.185. The van der Waals surface area contributed by atoms with Crippen LogP contribution in [0, 0.1) is 5.92 Å². The Balaban J connectivity index is 2.07. The summed E-state index contributed by atoms with van der Waals surface area (Å²) < 4.78 is 0. The molecular weight excluding hydrogens is 138 g/mol. The summed E-state index contributed by atoms with van der Waals surface area (Å²) in [5.74, 6) is 6.52. The average Bonchev–Trinajstić information content (AvgIpc) is 2.30. The molecule has 1 aliphatic heterocycles. The molecule has 0 amide bonds. The van der Waals surface area contributed by atoms with Gasteiger partial charge in [-0.15, -0.1) is 0 Å². The second kappa shape index (κ2) is 2.73. The number of nitrogens with two attached hydrogens (primary N) is 2. The maximum atomic E-state index is 5.96. The molecule has 3 nitrogen and oxygen atoms in total. The van der Waals surface area contributed by atoms with Gasteiger partial charge in [-0.3, -0.25) is 5.84 Å². The molecule has 3 unspecified atom stereocenters. The van der Waals surface area contributed by atoms with Crippen LogP contribution in [0.4, 0.5) is 0 Å². The summed E-state index contributed by atoms with van der Waals surface area (Å²) in [6.45, 7) is 0.898. The highest BCUT2D eigenvalue weighted by atomic mass is 15.4. The summed E-state index contributed by atoms with van der Waals surface area (Å²) in [6, 6.07) is 0.934. The maximum absolute atomic E-state index is 5.96. The lowest BCUT2D eigenvalue weighted by atomic mass is 9.83. The van der Waals surface area contributed by atoms with Crippen LogP contribution >= 0.6 is 0 Å². The van der Waals surface area contributed by atoms with Crippen molar-refractivity contribution in [3.8, 4) is 0 Å². The van der Waals surface area contributed by atoms with E-state index in [0.717, 1.165) is 6.54 Å². The Kier molecular flexibility index (Phi) is 1.87. The minimum Gasteiger partial charge on any atom is -0.326 e. The topological polar surface area (TPSA) is 55.3 Å². The first-order chi connectivity index (χ1) is 5.29. The molecule has 1 heterocycles. The quantitative estimate of drug-likeness (QED) is 0.486. The van der Waals surface area contributed by atoms with Crippen molar-refractivity contribution in [3.05, 3.63) is 0 Å². The van der Waals surface area contributed by atoms with Gasteiger partial charge in [0.25, 0.3) is 0 Å². The van der Waals surface area contributed by atoms with Crippen molar-refractivity contribution in [3.63, 3.8) is 0 Å². The van der Waals surface area contributed by atoms with E-state index in [1.54, 1.807) is 0 Å². The molecule has 4 N–H and O–H groups in total. The first kappa shape index (κ1) is 7.53. The summed E-state index contributed by atoms with van der Waals surface area (Å²) in [5, 5.41) is 1.95. The summed E-state index contributed by atoms with van der Waals surface area (Å²) in [4.78, 5) is 0. The fraction of sp³-hybridized carbons (Fsp3) is 1.00. The van der Waals surface area contributed by atoms with E-state index in [1.165, 1.54) is 25.7 Å². The second-order valence-electron chi connectivity index (χ2n) is 3.88. The van der Waals surface area contributed by atoms with Crippen molar-refractivity contribution in [2.75, 3.05) is 6.54 Å². The smallest absolute Gasteiger partial charge is 0.0287 e. The van der Waals surface area contributed by atoms with E-state index in [4.69, 9.17) is 11.6 Å². The minimum absolute atomic E-state index is 0.338. The van der Waals surface area contributed by atoms with Gasteiger partial charge in [0.1, 0.15) is 0 Å².